The summed E-state index contributed by atoms with van der Waals surface area (Å²) in [6.07, 6.45) is -0.614. The van der Waals surface area contributed by atoms with Crippen LogP contribution in [0.4, 0.5) is 4.79 Å². The molecule has 1 aromatic heterocycles. The number of carbonyl (C=O) groups is 3. The lowest BCUT2D eigenvalue weighted by Gasteiger charge is -2.09. The molecular formula is C10H9NO5S2. The number of carbonyl (C=O) groups excluding carboxylic acids is 2. The van der Waals surface area contributed by atoms with Crippen molar-refractivity contribution >= 4 is 41.1 Å². The normalized spacial score (nSPS) is 14.7. The van der Waals surface area contributed by atoms with Gasteiger partial charge in [0.25, 0.3) is 0 Å². The Bertz CT molecular complexity index is 498. The Balaban J connectivity index is 1.89. The van der Waals surface area contributed by atoms with E-state index in [-0.39, 0.29) is 29.7 Å². The van der Waals surface area contributed by atoms with Crippen molar-refractivity contribution in [2.75, 3.05) is 18.9 Å². The van der Waals surface area contributed by atoms with Crippen LogP contribution in [-0.2, 0) is 9.53 Å². The molecule has 0 aliphatic carbocycles. The Kier molecular flexibility index (Phi) is 3.87. The molecule has 1 aromatic rings. The Morgan fingerprint density at radius 1 is 1.56 bits per heavy atom. The van der Waals surface area contributed by atoms with Crippen molar-refractivity contribution in [1.82, 2.24) is 4.90 Å². The van der Waals surface area contributed by atoms with Gasteiger partial charge in [-0.1, -0.05) is 0 Å². The van der Waals surface area contributed by atoms with Crippen molar-refractivity contribution in [1.29, 1.82) is 0 Å². The molecule has 0 aromatic carbocycles. The number of imide groups is 1. The van der Waals surface area contributed by atoms with Gasteiger partial charge in [-0.25, -0.2) is 14.5 Å². The molecule has 96 valence electrons. The molecule has 18 heavy (non-hydrogen) atoms. The fourth-order valence-corrected chi connectivity index (χ4v) is 3.09. The molecule has 2 heterocycles. The van der Waals surface area contributed by atoms with Gasteiger partial charge in [-0.2, -0.15) is 0 Å². The number of cyclic esters (lactones) is 1. The summed E-state index contributed by atoms with van der Waals surface area (Å²) in [6.45, 7) is 0.513. The lowest BCUT2D eigenvalue weighted by Crippen LogP contribution is -2.32. The monoisotopic (exact) mass is 287 g/mol. The van der Waals surface area contributed by atoms with Crippen LogP contribution in [0.1, 0.15) is 9.67 Å². The van der Waals surface area contributed by atoms with Crippen LogP contribution in [0.5, 0.6) is 0 Å². The van der Waals surface area contributed by atoms with E-state index in [9.17, 15) is 14.4 Å². The highest BCUT2D eigenvalue weighted by Crippen LogP contribution is 2.25. The fraction of sp³-hybridized carbons (Fsp3) is 0.300. The van der Waals surface area contributed by atoms with Gasteiger partial charge in [0.2, 0.25) is 5.91 Å². The molecule has 0 atom stereocenters. The largest absolute Gasteiger partial charge is 0.477 e. The summed E-state index contributed by atoms with van der Waals surface area (Å²) in [6, 6.07) is 1.51. The Morgan fingerprint density at radius 2 is 2.33 bits per heavy atom. The first-order valence-corrected chi connectivity index (χ1v) is 6.86. The van der Waals surface area contributed by atoms with E-state index in [0.29, 0.717) is 4.90 Å². The molecule has 6 nitrogen and oxygen atoms in total. The van der Waals surface area contributed by atoms with Gasteiger partial charge >= 0.3 is 12.1 Å². The third kappa shape index (κ3) is 2.82. The van der Waals surface area contributed by atoms with Crippen LogP contribution in [0.15, 0.2) is 16.3 Å². The highest BCUT2D eigenvalue weighted by atomic mass is 32.2. The van der Waals surface area contributed by atoms with Crippen molar-refractivity contribution in [3.63, 3.8) is 0 Å². The van der Waals surface area contributed by atoms with Crippen LogP contribution in [0.3, 0.4) is 0 Å². The maximum Gasteiger partial charge on any atom is 0.416 e. The second-order valence-electron chi connectivity index (χ2n) is 3.40. The molecule has 1 aliphatic heterocycles. The first-order valence-electron chi connectivity index (χ1n) is 4.99. The zero-order chi connectivity index (χ0) is 13.1. The zero-order valence-electron chi connectivity index (χ0n) is 9.12. The number of thioether (sulfide) groups is 1. The summed E-state index contributed by atoms with van der Waals surface area (Å²) in [4.78, 5) is 35.4. The SMILES string of the molecule is O=C(O)c1cc(SCC(=O)N2CCOC2=O)cs1. The minimum Gasteiger partial charge on any atom is -0.477 e. The molecule has 1 saturated heterocycles. The molecule has 2 amide bonds. The summed E-state index contributed by atoms with van der Waals surface area (Å²) >= 11 is 2.31. The Labute approximate surface area is 111 Å². The van der Waals surface area contributed by atoms with E-state index in [1.54, 1.807) is 5.38 Å². The van der Waals surface area contributed by atoms with Crippen LogP contribution < -0.4 is 0 Å². The van der Waals surface area contributed by atoms with Gasteiger partial charge in [0.05, 0.1) is 12.3 Å². The van der Waals surface area contributed by atoms with Gasteiger partial charge < -0.3 is 9.84 Å². The highest BCUT2D eigenvalue weighted by molar-refractivity contribution is 8.00. The number of amides is 2. The molecule has 0 unspecified atom stereocenters. The molecule has 0 radical (unpaired) electrons. The average Bonchev–Trinajstić information content (AvgIpc) is 2.94. The van der Waals surface area contributed by atoms with E-state index in [4.69, 9.17) is 5.11 Å². The lowest BCUT2D eigenvalue weighted by molar-refractivity contribution is -0.125. The molecule has 0 bridgehead atoms. The van der Waals surface area contributed by atoms with E-state index in [1.165, 1.54) is 17.8 Å². The third-order valence-corrected chi connectivity index (χ3v) is 4.24. The van der Waals surface area contributed by atoms with Gasteiger partial charge in [0.15, 0.2) is 0 Å². The lowest BCUT2D eigenvalue weighted by atomic mass is 10.5. The van der Waals surface area contributed by atoms with Crippen LogP contribution in [0.2, 0.25) is 0 Å². The Hall–Kier alpha value is -1.54. The summed E-state index contributed by atoms with van der Waals surface area (Å²) in [5, 5.41) is 10.4. The quantitative estimate of drug-likeness (QED) is 0.845. The smallest absolute Gasteiger partial charge is 0.416 e. The van der Waals surface area contributed by atoms with Crippen molar-refractivity contribution < 1.29 is 24.2 Å². The number of aromatic carboxylic acids is 1. The number of hydrogen-bond acceptors (Lipinski definition) is 6. The fourth-order valence-electron chi connectivity index (χ4n) is 1.35. The standard InChI is InChI=1S/C10H9NO5S2/c12-8(11-1-2-16-10(11)15)5-17-6-3-7(9(13)14)18-4-6/h3-4H,1-2,5H2,(H,13,14). The summed E-state index contributed by atoms with van der Waals surface area (Å²) in [5.74, 6) is -1.22. The predicted octanol–water partition coefficient (Wildman–Crippen LogP) is 1.52. The van der Waals surface area contributed by atoms with Gasteiger partial charge in [-0.3, -0.25) is 4.79 Å². The first kappa shape index (κ1) is 12.9. The molecule has 2 rings (SSSR count). The first-order chi connectivity index (χ1) is 8.58. The van der Waals surface area contributed by atoms with Crippen molar-refractivity contribution in [3.05, 3.63) is 16.3 Å². The van der Waals surface area contributed by atoms with Crippen LogP contribution in [-0.4, -0.2) is 46.9 Å². The number of rotatable bonds is 4. The zero-order valence-corrected chi connectivity index (χ0v) is 10.8. The molecule has 1 N–H and O–H groups in total. The molecule has 0 spiro atoms. The molecule has 1 aliphatic rings. The van der Waals surface area contributed by atoms with Crippen molar-refractivity contribution in [2.45, 2.75) is 4.90 Å². The van der Waals surface area contributed by atoms with E-state index in [1.807, 2.05) is 0 Å². The van der Waals surface area contributed by atoms with Crippen molar-refractivity contribution in [2.24, 2.45) is 0 Å². The topological polar surface area (TPSA) is 83.9 Å². The summed E-state index contributed by atoms with van der Waals surface area (Å²) < 4.78 is 4.66. The number of ether oxygens (including phenoxy) is 1. The molecule has 8 heteroatoms. The second-order valence-corrected chi connectivity index (χ2v) is 5.36. The Morgan fingerprint density at radius 3 is 2.89 bits per heavy atom. The summed E-state index contributed by atoms with van der Waals surface area (Å²) in [5.41, 5.74) is 0. The van der Waals surface area contributed by atoms with Crippen LogP contribution in [0, 0.1) is 0 Å². The number of hydrogen-bond donors (Lipinski definition) is 1. The van der Waals surface area contributed by atoms with Crippen LogP contribution >= 0.6 is 23.1 Å². The van der Waals surface area contributed by atoms with E-state index >= 15 is 0 Å². The molecule has 0 saturated carbocycles. The number of carboxylic acid groups (broad SMARTS) is 1. The predicted molar refractivity (Wildman–Crippen MR) is 65.1 cm³/mol. The number of nitrogens with zero attached hydrogens (tertiary/aromatic N) is 1. The maximum absolute atomic E-state index is 11.7. The maximum atomic E-state index is 11.7. The average molecular weight is 287 g/mol. The number of thiophene rings is 1. The van der Waals surface area contributed by atoms with E-state index in [0.717, 1.165) is 16.2 Å². The highest BCUT2D eigenvalue weighted by Gasteiger charge is 2.28. The third-order valence-electron chi connectivity index (χ3n) is 2.21. The summed E-state index contributed by atoms with van der Waals surface area (Å²) in [7, 11) is 0. The van der Waals surface area contributed by atoms with E-state index in [2.05, 4.69) is 4.74 Å². The second kappa shape index (κ2) is 5.40. The number of carboxylic acids is 1. The van der Waals surface area contributed by atoms with Crippen LogP contribution in [0.25, 0.3) is 0 Å². The van der Waals surface area contributed by atoms with Gasteiger partial charge in [-0.15, -0.1) is 23.1 Å². The molecular weight excluding hydrogens is 278 g/mol. The van der Waals surface area contributed by atoms with Gasteiger partial charge in [-0.05, 0) is 6.07 Å². The van der Waals surface area contributed by atoms with Gasteiger partial charge in [0, 0.05) is 10.3 Å². The minimum atomic E-state index is -0.985. The van der Waals surface area contributed by atoms with Gasteiger partial charge in [0.1, 0.15) is 11.5 Å². The van der Waals surface area contributed by atoms with E-state index < -0.39 is 12.1 Å². The van der Waals surface area contributed by atoms with Crippen molar-refractivity contribution in [3.8, 4) is 0 Å². The molecule has 1 fully saturated rings. The minimum absolute atomic E-state index is 0.0882.